The Morgan fingerprint density at radius 3 is 2.42 bits per heavy atom. The fourth-order valence-corrected chi connectivity index (χ4v) is 3.96. The molecule has 3 aromatic carbocycles. The smallest absolute Gasteiger partial charge is 0.339 e. The van der Waals surface area contributed by atoms with E-state index in [0.29, 0.717) is 27.8 Å². The van der Waals surface area contributed by atoms with Crippen LogP contribution in [0.2, 0.25) is 0 Å². The number of benzene rings is 3. The number of hydrogen-bond acceptors (Lipinski definition) is 4. The lowest BCUT2D eigenvalue weighted by Crippen LogP contribution is -2.21. The van der Waals surface area contributed by atoms with Crippen molar-refractivity contribution in [2.24, 2.45) is 0 Å². The van der Waals surface area contributed by atoms with Crippen molar-refractivity contribution in [3.05, 3.63) is 93.5 Å². The van der Waals surface area contributed by atoms with Crippen molar-refractivity contribution in [2.75, 3.05) is 11.9 Å². The number of rotatable bonds is 5. The van der Waals surface area contributed by atoms with Crippen LogP contribution in [0.4, 0.5) is 5.69 Å². The van der Waals surface area contributed by atoms with Gasteiger partial charge in [-0.2, -0.15) is 0 Å². The molecule has 0 aliphatic rings. The summed E-state index contributed by atoms with van der Waals surface area (Å²) >= 11 is 3.48. The molecule has 0 bridgehead atoms. The molecule has 0 saturated carbocycles. The van der Waals surface area contributed by atoms with E-state index in [1.807, 2.05) is 81.4 Å². The monoisotopic (exact) mass is 502 g/mol. The van der Waals surface area contributed by atoms with Crippen LogP contribution >= 0.6 is 15.9 Å². The molecule has 4 aromatic rings. The highest BCUT2D eigenvalue weighted by atomic mass is 79.9. The number of nitrogens with zero attached hydrogens (tertiary/aromatic N) is 1. The van der Waals surface area contributed by atoms with E-state index in [-0.39, 0.29) is 6.61 Å². The van der Waals surface area contributed by atoms with Gasteiger partial charge in [0.2, 0.25) is 0 Å². The highest BCUT2D eigenvalue weighted by molar-refractivity contribution is 9.10. The van der Waals surface area contributed by atoms with Gasteiger partial charge in [0.05, 0.1) is 16.8 Å². The minimum atomic E-state index is -0.569. The van der Waals surface area contributed by atoms with Crippen LogP contribution in [0.25, 0.3) is 22.2 Å². The molecule has 1 N–H and O–H groups in total. The fraction of sp³-hybridized carbons (Fsp3) is 0.148. The third-order valence-corrected chi connectivity index (χ3v) is 6.47. The van der Waals surface area contributed by atoms with E-state index in [4.69, 9.17) is 9.72 Å². The second kappa shape index (κ2) is 9.55. The summed E-state index contributed by atoms with van der Waals surface area (Å²) in [4.78, 5) is 30.2. The summed E-state index contributed by atoms with van der Waals surface area (Å²) in [6.45, 7) is 5.53. The number of amides is 1. The molecule has 0 unspecified atom stereocenters. The number of pyridine rings is 1. The topological polar surface area (TPSA) is 68.3 Å². The van der Waals surface area contributed by atoms with Gasteiger partial charge in [-0.05, 0) is 56.2 Å². The van der Waals surface area contributed by atoms with Gasteiger partial charge in [0.15, 0.2) is 6.61 Å². The van der Waals surface area contributed by atoms with Gasteiger partial charge in [-0.3, -0.25) is 4.79 Å². The van der Waals surface area contributed by atoms with Crippen molar-refractivity contribution < 1.29 is 14.3 Å². The number of carbonyl (C=O) groups excluding carboxylic acids is 2. The van der Waals surface area contributed by atoms with Crippen LogP contribution < -0.4 is 5.32 Å². The zero-order chi connectivity index (χ0) is 23.5. The first kappa shape index (κ1) is 22.7. The third-order valence-electron chi connectivity index (χ3n) is 5.61. The number of esters is 1. The number of fused-ring (bicyclic) bond motifs is 1. The second-order valence-electron chi connectivity index (χ2n) is 7.91. The standard InChI is InChI=1S/C27H23BrN2O3/c1-16-8-10-19(11-9-16)25-14-21(20-6-4-5-7-24(20)29-25)27(32)33-15-26(31)30-23-13-12-22(28)17(2)18(23)3/h4-14H,15H2,1-3H3,(H,30,31). The zero-order valence-corrected chi connectivity index (χ0v) is 20.2. The Morgan fingerprint density at radius 1 is 0.939 bits per heavy atom. The Bertz CT molecular complexity index is 1360. The van der Waals surface area contributed by atoms with Crippen molar-refractivity contribution in [2.45, 2.75) is 20.8 Å². The zero-order valence-electron chi connectivity index (χ0n) is 18.6. The fourth-order valence-electron chi connectivity index (χ4n) is 3.53. The molecule has 4 rings (SSSR count). The summed E-state index contributed by atoms with van der Waals surface area (Å²) in [5.74, 6) is -0.967. The number of halogens is 1. The molecule has 0 aliphatic carbocycles. The van der Waals surface area contributed by atoms with Crippen molar-refractivity contribution in [1.29, 1.82) is 0 Å². The van der Waals surface area contributed by atoms with Gasteiger partial charge >= 0.3 is 5.97 Å². The van der Waals surface area contributed by atoms with E-state index >= 15 is 0 Å². The predicted molar refractivity (Wildman–Crippen MR) is 134 cm³/mol. The van der Waals surface area contributed by atoms with Crippen LogP contribution in [0.5, 0.6) is 0 Å². The van der Waals surface area contributed by atoms with Gasteiger partial charge in [0.25, 0.3) is 5.91 Å². The number of aryl methyl sites for hydroxylation is 1. The quantitative estimate of drug-likeness (QED) is 0.321. The summed E-state index contributed by atoms with van der Waals surface area (Å²) in [6, 6.07) is 20.7. The summed E-state index contributed by atoms with van der Waals surface area (Å²) in [5.41, 5.74) is 6.45. The van der Waals surface area contributed by atoms with Gasteiger partial charge in [-0.15, -0.1) is 0 Å². The van der Waals surface area contributed by atoms with Gasteiger partial charge in [0, 0.05) is 21.1 Å². The highest BCUT2D eigenvalue weighted by Crippen LogP contribution is 2.27. The Kier molecular flexibility index (Phi) is 6.56. The molecular weight excluding hydrogens is 480 g/mol. The lowest BCUT2D eigenvalue weighted by atomic mass is 10.0. The summed E-state index contributed by atoms with van der Waals surface area (Å²) in [6.07, 6.45) is 0. The number of carbonyl (C=O) groups is 2. The molecule has 0 atom stereocenters. The van der Waals surface area contributed by atoms with Crippen molar-refractivity contribution in [3.63, 3.8) is 0 Å². The van der Waals surface area contributed by atoms with Crippen LogP contribution in [0.3, 0.4) is 0 Å². The molecule has 0 saturated heterocycles. The second-order valence-corrected chi connectivity index (χ2v) is 8.76. The number of ether oxygens (including phenoxy) is 1. The number of para-hydroxylation sites is 1. The first-order valence-corrected chi connectivity index (χ1v) is 11.3. The molecule has 0 radical (unpaired) electrons. The first-order chi connectivity index (χ1) is 15.8. The Morgan fingerprint density at radius 2 is 1.67 bits per heavy atom. The number of hydrogen-bond donors (Lipinski definition) is 1. The Balaban J connectivity index is 1.56. The lowest BCUT2D eigenvalue weighted by molar-refractivity contribution is -0.119. The van der Waals surface area contributed by atoms with Gasteiger partial charge in [-0.25, -0.2) is 9.78 Å². The first-order valence-electron chi connectivity index (χ1n) is 10.5. The summed E-state index contributed by atoms with van der Waals surface area (Å²) in [7, 11) is 0. The third kappa shape index (κ3) is 4.96. The average Bonchev–Trinajstić information content (AvgIpc) is 2.82. The van der Waals surface area contributed by atoms with Crippen molar-refractivity contribution in [3.8, 4) is 11.3 Å². The van der Waals surface area contributed by atoms with E-state index in [1.54, 1.807) is 6.07 Å². The molecule has 166 valence electrons. The molecular formula is C27H23BrN2O3. The summed E-state index contributed by atoms with van der Waals surface area (Å²) in [5, 5.41) is 3.49. The molecule has 1 amide bonds. The number of anilines is 1. The largest absolute Gasteiger partial charge is 0.452 e. The molecule has 0 spiro atoms. The lowest BCUT2D eigenvalue weighted by Gasteiger charge is -2.13. The number of nitrogens with one attached hydrogen (secondary N) is 1. The predicted octanol–water partition coefficient (Wildman–Crippen LogP) is 6.39. The average molecular weight is 503 g/mol. The summed E-state index contributed by atoms with van der Waals surface area (Å²) < 4.78 is 6.36. The molecule has 1 aromatic heterocycles. The minimum Gasteiger partial charge on any atom is -0.452 e. The SMILES string of the molecule is Cc1ccc(-c2cc(C(=O)OCC(=O)Nc3ccc(Br)c(C)c3C)c3ccccc3n2)cc1. The highest BCUT2D eigenvalue weighted by Gasteiger charge is 2.17. The van der Waals surface area contributed by atoms with Crippen LogP contribution in [0, 0.1) is 20.8 Å². The van der Waals surface area contributed by atoms with Crippen LogP contribution in [-0.4, -0.2) is 23.5 Å². The molecule has 1 heterocycles. The maximum absolute atomic E-state index is 13.0. The van der Waals surface area contributed by atoms with Crippen molar-refractivity contribution >= 4 is 44.4 Å². The van der Waals surface area contributed by atoms with Crippen LogP contribution in [0.1, 0.15) is 27.0 Å². The molecule has 6 heteroatoms. The Hall–Kier alpha value is -3.51. The normalized spacial score (nSPS) is 10.8. The van der Waals surface area contributed by atoms with E-state index in [0.717, 1.165) is 26.7 Å². The Labute approximate surface area is 200 Å². The number of aromatic nitrogens is 1. The molecule has 33 heavy (non-hydrogen) atoms. The van der Waals surface area contributed by atoms with E-state index in [2.05, 4.69) is 21.2 Å². The maximum Gasteiger partial charge on any atom is 0.339 e. The van der Waals surface area contributed by atoms with Crippen LogP contribution in [0.15, 0.2) is 71.2 Å². The molecule has 5 nitrogen and oxygen atoms in total. The van der Waals surface area contributed by atoms with E-state index in [9.17, 15) is 9.59 Å². The van der Waals surface area contributed by atoms with Crippen molar-refractivity contribution in [1.82, 2.24) is 4.98 Å². The molecule has 0 fully saturated rings. The van der Waals surface area contributed by atoms with Gasteiger partial charge in [-0.1, -0.05) is 64.0 Å². The minimum absolute atomic E-state index is 0.375. The molecule has 0 aliphatic heterocycles. The van der Waals surface area contributed by atoms with E-state index < -0.39 is 11.9 Å². The van der Waals surface area contributed by atoms with Crippen LogP contribution in [-0.2, 0) is 9.53 Å². The van der Waals surface area contributed by atoms with Gasteiger partial charge in [0.1, 0.15) is 0 Å². The van der Waals surface area contributed by atoms with E-state index in [1.165, 1.54) is 0 Å². The van der Waals surface area contributed by atoms with Gasteiger partial charge < -0.3 is 10.1 Å². The maximum atomic E-state index is 13.0.